The smallest absolute Gasteiger partial charge is 0.336 e. The molecule has 1 aliphatic heterocycles. The Hall–Kier alpha value is -4.59. The van der Waals surface area contributed by atoms with E-state index in [4.69, 9.17) is 21.1 Å². The lowest BCUT2D eigenvalue weighted by Crippen LogP contribution is -2.38. The van der Waals surface area contributed by atoms with Crippen LogP contribution in [0.25, 0.3) is 0 Å². The van der Waals surface area contributed by atoms with Crippen molar-refractivity contribution in [3.63, 3.8) is 0 Å². The molecular formula is C37H35ClN2O5. The van der Waals surface area contributed by atoms with Crippen LogP contribution in [0.3, 0.4) is 0 Å². The van der Waals surface area contributed by atoms with Crippen LogP contribution >= 0.6 is 11.6 Å². The molecule has 0 fully saturated rings. The number of ether oxygens (including phenoxy) is 2. The van der Waals surface area contributed by atoms with Gasteiger partial charge in [-0.15, -0.1) is 0 Å². The summed E-state index contributed by atoms with van der Waals surface area (Å²) in [6, 6.07) is 30.9. The van der Waals surface area contributed by atoms with Crippen LogP contribution in [0.1, 0.15) is 47.4 Å². The molecule has 0 amide bonds. The number of rotatable bonds is 13. The van der Waals surface area contributed by atoms with Crippen molar-refractivity contribution in [1.29, 1.82) is 0 Å². The Morgan fingerprint density at radius 1 is 0.911 bits per heavy atom. The molecule has 0 saturated carbocycles. The number of carbonyl (C=O) groups is 2. The van der Waals surface area contributed by atoms with Gasteiger partial charge in [0.05, 0.1) is 31.1 Å². The summed E-state index contributed by atoms with van der Waals surface area (Å²) in [5.41, 5.74) is 4.78. The van der Waals surface area contributed by atoms with Crippen LogP contribution in [0.5, 0.6) is 0 Å². The third kappa shape index (κ3) is 8.12. The topological polar surface area (TPSA) is 98.1 Å². The zero-order chi connectivity index (χ0) is 31.6. The number of hydrogen-bond donors (Lipinski definition) is 1. The molecule has 1 N–H and O–H groups in total. The van der Waals surface area contributed by atoms with Crippen LogP contribution < -0.4 is 0 Å². The quantitative estimate of drug-likeness (QED) is 0.124. The van der Waals surface area contributed by atoms with E-state index < -0.39 is 23.8 Å². The van der Waals surface area contributed by atoms with Gasteiger partial charge in [-0.3, -0.25) is 14.8 Å². The van der Waals surface area contributed by atoms with Crippen molar-refractivity contribution in [1.82, 2.24) is 4.98 Å². The first kappa shape index (κ1) is 31.8. The number of carbonyl (C=O) groups excluding carboxylic acids is 1. The first-order valence-electron chi connectivity index (χ1n) is 14.9. The summed E-state index contributed by atoms with van der Waals surface area (Å²) in [7, 11) is 0. The number of aliphatic imine (C=N–C) groups is 1. The largest absolute Gasteiger partial charge is 0.481 e. The zero-order valence-corrected chi connectivity index (χ0v) is 25.8. The lowest BCUT2D eigenvalue weighted by molar-refractivity contribution is -0.141. The predicted octanol–water partition coefficient (Wildman–Crippen LogP) is 7.27. The minimum Gasteiger partial charge on any atom is -0.481 e. The number of hydrogen-bond acceptors (Lipinski definition) is 6. The average molecular weight is 623 g/mol. The molecule has 0 saturated heterocycles. The van der Waals surface area contributed by atoms with Crippen LogP contribution in [-0.2, 0) is 25.5 Å². The van der Waals surface area contributed by atoms with E-state index >= 15 is 0 Å². The SMILES string of the molecule is CC1=C(C(=O)OCCC(c2ccccc2)c2ccccc2)C(c2cccc(Cl)c2)C(C(=O)O)C(COCCc2cccnc2)=N1. The first-order chi connectivity index (χ1) is 21.9. The van der Waals surface area contributed by atoms with E-state index in [1.807, 2.05) is 48.5 Å². The molecule has 45 heavy (non-hydrogen) atoms. The number of allylic oxidation sites excluding steroid dienone is 1. The Bertz CT molecular complexity index is 1620. The number of carboxylic acids is 1. The van der Waals surface area contributed by atoms with Crippen molar-refractivity contribution in [3.8, 4) is 0 Å². The molecule has 0 radical (unpaired) electrons. The summed E-state index contributed by atoms with van der Waals surface area (Å²) in [5, 5.41) is 10.9. The maximum atomic E-state index is 13.8. The molecule has 2 heterocycles. The number of carboxylic acid groups (broad SMARTS) is 1. The van der Waals surface area contributed by atoms with E-state index in [2.05, 4.69) is 34.2 Å². The van der Waals surface area contributed by atoms with Crippen LogP contribution in [-0.4, -0.2) is 47.6 Å². The standard InChI is InChI=1S/C37H35ClN2O5/c1-25-33(37(43)45-21-18-31(27-11-4-2-5-12-27)28-13-6-3-7-14-28)34(29-15-8-16-30(38)22-29)35(36(41)42)32(40-25)24-44-20-17-26-10-9-19-39-23-26/h2-16,19,22-23,31,34-35H,17-18,20-21,24H2,1H3,(H,41,42). The lowest BCUT2D eigenvalue weighted by atomic mass is 9.75. The number of aliphatic carboxylic acids is 1. The van der Waals surface area contributed by atoms with Gasteiger partial charge in [0.15, 0.2) is 0 Å². The minimum atomic E-state index is -1.14. The van der Waals surface area contributed by atoms with Gasteiger partial charge in [-0.2, -0.15) is 0 Å². The summed E-state index contributed by atoms with van der Waals surface area (Å²) < 4.78 is 11.8. The number of esters is 1. The van der Waals surface area contributed by atoms with Crippen LogP contribution in [0, 0.1) is 5.92 Å². The van der Waals surface area contributed by atoms with Crippen LogP contribution in [0.15, 0.2) is 126 Å². The van der Waals surface area contributed by atoms with Gasteiger partial charge in [0.1, 0.15) is 5.92 Å². The van der Waals surface area contributed by atoms with E-state index in [0.29, 0.717) is 41.4 Å². The minimum absolute atomic E-state index is 0.00376. The van der Waals surface area contributed by atoms with Crippen LogP contribution in [0.2, 0.25) is 5.02 Å². The summed E-state index contributed by atoms with van der Waals surface area (Å²) >= 11 is 6.35. The molecule has 0 bridgehead atoms. The fraction of sp³-hybridized carbons (Fsp3) is 0.243. The lowest BCUT2D eigenvalue weighted by Gasteiger charge is -2.31. The Morgan fingerprint density at radius 3 is 2.24 bits per heavy atom. The van der Waals surface area contributed by atoms with Gasteiger partial charge in [0, 0.05) is 34.9 Å². The summed E-state index contributed by atoms with van der Waals surface area (Å²) in [5.74, 6) is -3.69. The first-order valence-corrected chi connectivity index (χ1v) is 15.3. The van der Waals surface area contributed by atoms with Gasteiger partial charge in [0.25, 0.3) is 0 Å². The highest BCUT2D eigenvalue weighted by Gasteiger charge is 2.43. The van der Waals surface area contributed by atoms with Gasteiger partial charge in [0.2, 0.25) is 0 Å². The molecule has 5 rings (SSSR count). The second-order valence-corrected chi connectivity index (χ2v) is 11.3. The number of nitrogens with zero attached hydrogens (tertiary/aromatic N) is 2. The molecule has 8 heteroatoms. The molecule has 0 spiro atoms. The third-order valence-electron chi connectivity index (χ3n) is 7.95. The molecule has 2 unspecified atom stereocenters. The maximum absolute atomic E-state index is 13.8. The van der Waals surface area contributed by atoms with Crippen molar-refractivity contribution < 1.29 is 24.2 Å². The van der Waals surface area contributed by atoms with Gasteiger partial charge < -0.3 is 14.6 Å². The van der Waals surface area contributed by atoms with Gasteiger partial charge in [-0.1, -0.05) is 90.5 Å². The molecule has 230 valence electrons. The molecule has 3 aromatic carbocycles. The van der Waals surface area contributed by atoms with E-state index in [0.717, 1.165) is 16.7 Å². The van der Waals surface area contributed by atoms with Crippen LogP contribution in [0.4, 0.5) is 0 Å². The Morgan fingerprint density at radius 2 is 1.62 bits per heavy atom. The summed E-state index contributed by atoms with van der Waals surface area (Å²) in [6.07, 6.45) is 4.64. The Labute approximate surface area is 268 Å². The Kier molecular flexibility index (Phi) is 10.9. The third-order valence-corrected chi connectivity index (χ3v) is 8.18. The second-order valence-electron chi connectivity index (χ2n) is 10.9. The van der Waals surface area contributed by atoms with Crippen molar-refractivity contribution in [2.24, 2.45) is 10.9 Å². The van der Waals surface area contributed by atoms with E-state index in [1.54, 1.807) is 43.6 Å². The molecule has 1 aliphatic rings. The fourth-order valence-corrected chi connectivity index (χ4v) is 6.03. The van der Waals surface area contributed by atoms with E-state index in [-0.39, 0.29) is 24.7 Å². The van der Waals surface area contributed by atoms with Gasteiger partial charge in [-0.25, -0.2) is 4.79 Å². The average Bonchev–Trinajstić information content (AvgIpc) is 3.05. The second kappa shape index (κ2) is 15.4. The van der Waals surface area contributed by atoms with Crippen molar-refractivity contribution in [2.75, 3.05) is 19.8 Å². The summed E-state index contributed by atoms with van der Waals surface area (Å²) in [4.78, 5) is 35.4. The molecule has 2 atom stereocenters. The predicted molar refractivity (Wildman–Crippen MR) is 175 cm³/mol. The normalized spacial score (nSPS) is 16.4. The highest BCUT2D eigenvalue weighted by molar-refractivity contribution is 6.30. The number of halogens is 1. The fourth-order valence-electron chi connectivity index (χ4n) is 5.83. The summed E-state index contributed by atoms with van der Waals surface area (Å²) in [6.45, 7) is 2.21. The molecule has 7 nitrogen and oxygen atoms in total. The Balaban J connectivity index is 1.38. The highest BCUT2D eigenvalue weighted by atomic mass is 35.5. The van der Waals surface area contributed by atoms with Crippen molar-refractivity contribution >= 4 is 29.3 Å². The molecule has 0 aliphatic carbocycles. The monoisotopic (exact) mass is 622 g/mol. The van der Waals surface area contributed by atoms with Crippen molar-refractivity contribution in [3.05, 3.63) is 148 Å². The van der Waals surface area contributed by atoms with Gasteiger partial charge >= 0.3 is 11.9 Å². The van der Waals surface area contributed by atoms with E-state index in [1.165, 1.54) is 0 Å². The highest BCUT2D eigenvalue weighted by Crippen LogP contribution is 2.40. The molecule has 4 aromatic rings. The van der Waals surface area contributed by atoms with E-state index in [9.17, 15) is 14.7 Å². The van der Waals surface area contributed by atoms with Gasteiger partial charge in [-0.05, 0) is 60.2 Å². The number of benzene rings is 3. The molecule has 1 aromatic heterocycles. The number of pyridine rings is 1. The zero-order valence-electron chi connectivity index (χ0n) is 25.0. The number of aromatic nitrogens is 1. The maximum Gasteiger partial charge on any atom is 0.336 e. The van der Waals surface area contributed by atoms with Crippen molar-refractivity contribution in [2.45, 2.75) is 31.6 Å². The molecular weight excluding hydrogens is 588 g/mol.